The lowest BCUT2D eigenvalue weighted by atomic mass is 10.2. The van der Waals surface area contributed by atoms with Gasteiger partial charge in [-0.05, 0) is 41.0 Å². The zero-order valence-electron chi connectivity index (χ0n) is 13.4. The molecule has 0 aromatic rings. The van der Waals surface area contributed by atoms with E-state index in [1.807, 2.05) is 0 Å². The molecule has 0 aliphatic rings. The standard InChI is InChI=1S/C15H31IOSi/c1-11(2)18(12(3)4,13(5)6)17-15(8)9-14(7)10-16/h10-13,15H,9H2,1-8H3/t15-/m0/s1. The third kappa shape index (κ3) is 4.64. The number of halogens is 1. The minimum Gasteiger partial charge on any atom is -0.413 e. The molecule has 0 aliphatic heterocycles. The molecule has 0 N–H and O–H groups in total. The van der Waals surface area contributed by atoms with Crippen LogP contribution < -0.4 is 0 Å². The summed E-state index contributed by atoms with van der Waals surface area (Å²) in [6.45, 7) is 18.5. The van der Waals surface area contributed by atoms with Crippen LogP contribution in [0.15, 0.2) is 9.66 Å². The van der Waals surface area contributed by atoms with Crippen LogP contribution in [0.2, 0.25) is 16.6 Å². The summed E-state index contributed by atoms with van der Waals surface area (Å²) in [7, 11) is -1.70. The first-order chi connectivity index (χ1) is 8.18. The van der Waals surface area contributed by atoms with Crippen molar-refractivity contribution in [3.63, 3.8) is 0 Å². The van der Waals surface area contributed by atoms with Gasteiger partial charge >= 0.3 is 0 Å². The van der Waals surface area contributed by atoms with E-state index in [9.17, 15) is 0 Å². The highest BCUT2D eigenvalue weighted by atomic mass is 127. The van der Waals surface area contributed by atoms with Gasteiger partial charge in [0.25, 0.3) is 0 Å². The first-order valence-electron chi connectivity index (χ1n) is 7.12. The zero-order chi connectivity index (χ0) is 14.5. The Hall–Kier alpha value is 0.647. The molecule has 18 heavy (non-hydrogen) atoms. The summed E-state index contributed by atoms with van der Waals surface area (Å²) in [5.41, 5.74) is 3.43. The van der Waals surface area contributed by atoms with Crippen molar-refractivity contribution < 1.29 is 4.43 Å². The molecule has 0 aromatic carbocycles. The Balaban J connectivity index is 5.01. The fourth-order valence-corrected chi connectivity index (χ4v) is 9.15. The average Bonchev–Trinajstić information content (AvgIpc) is 2.23. The lowest BCUT2D eigenvalue weighted by molar-refractivity contribution is 0.191. The van der Waals surface area contributed by atoms with Gasteiger partial charge in [0.1, 0.15) is 0 Å². The minimum atomic E-state index is -1.70. The van der Waals surface area contributed by atoms with E-state index in [-0.39, 0.29) is 0 Å². The Kier molecular flexibility index (Phi) is 8.34. The first-order valence-corrected chi connectivity index (χ1v) is 10.5. The molecule has 1 atom stereocenters. The molecule has 0 radical (unpaired) electrons. The van der Waals surface area contributed by atoms with Crippen LogP contribution in [-0.2, 0) is 4.43 Å². The van der Waals surface area contributed by atoms with Crippen LogP contribution in [0.4, 0.5) is 0 Å². The van der Waals surface area contributed by atoms with Crippen LogP contribution in [0.3, 0.4) is 0 Å². The van der Waals surface area contributed by atoms with Gasteiger partial charge in [0.15, 0.2) is 0 Å². The summed E-state index contributed by atoms with van der Waals surface area (Å²) in [6.07, 6.45) is 1.40. The highest BCUT2D eigenvalue weighted by Gasteiger charge is 2.45. The van der Waals surface area contributed by atoms with E-state index in [1.54, 1.807) is 0 Å². The molecule has 0 amide bonds. The Morgan fingerprint density at radius 2 is 1.39 bits per heavy atom. The van der Waals surface area contributed by atoms with E-state index in [4.69, 9.17) is 4.43 Å². The zero-order valence-corrected chi connectivity index (χ0v) is 16.5. The second-order valence-electron chi connectivity index (χ2n) is 6.41. The molecule has 0 spiro atoms. The van der Waals surface area contributed by atoms with Gasteiger partial charge in [-0.1, -0.05) is 69.7 Å². The largest absolute Gasteiger partial charge is 0.413 e. The van der Waals surface area contributed by atoms with Gasteiger partial charge in [-0.15, -0.1) is 0 Å². The summed E-state index contributed by atoms with van der Waals surface area (Å²) in [5, 5.41) is 0. The minimum absolute atomic E-state index is 0.342. The summed E-state index contributed by atoms with van der Waals surface area (Å²) >= 11 is 2.32. The van der Waals surface area contributed by atoms with Crippen molar-refractivity contribution in [1.29, 1.82) is 0 Å². The van der Waals surface area contributed by atoms with E-state index in [0.29, 0.717) is 22.7 Å². The second-order valence-corrected chi connectivity index (χ2v) is 12.4. The van der Waals surface area contributed by atoms with E-state index < -0.39 is 8.32 Å². The first kappa shape index (κ1) is 18.6. The van der Waals surface area contributed by atoms with Crippen molar-refractivity contribution in [3.05, 3.63) is 9.66 Å². The van der Waals surface area contributed by atoms with Crippen molar-refractivity contribution in [2.75, 3.05) is 0 Å². The van der Waals surface area contributed by atoms with Gasteiger partial charge in [0, 0.05) is 6.10 Å². The van der Waals surface area contributed by atoms with Gasteiger partial charge in [-0.25, -0.2) is 0 Å². The summed E-state index contributed by atoms with van der Waals surface area (Å²) in [5.74, 6) is 0. The third-order valence-corrected chi connectivity index (χ3v) is 11.2. The maximum absolute atomic E-state index is 6.69. The van der Waals surface area contributed by atoms with Crippen molar-refractivity contribution in [2.24, 2.45) is 0 Å². The van der Waals surface area contributed by atoms with Gasteiger partial charge in [-0.2, -0.15) is 0 Å². The van der Waals surface area contributed by atoms with Crippen molar-refractivity contribution >= 4 is 30.9 Å². The molecule has 1 nitrogen and oxygen atoms in total. The van der Waals surface area contributed by atoms with Gasteiger partial charge in [-0.3, -0.25) is 0 Å². The Morgan fingerprint density at radius 3 is 1.67 bits per heavy atom. The van der Waals surface area contributed by atoms with Crippen LogP contribution in [0.5, 0.6) is 0 Å². The average molecular weight is 382 g/mol. The second kappa shape index (κ2) is 8.05. The maximum Gasteiger partial charge on any atom is 0.200 e. The van der Waals surface area contributed by atoms with Crippen LogP contribution >= 0.6 is 22.6 Å². The van der Waals surface area contributed by atoms with Crippen LogP contribution in [0, 0.1) is 0 Å². The highest BCUT2D eigenvalue weighted by molar-refractivity contribution is 14.1. The SMILES string of the molecule is CC(=CI)C[C@H](C)O[Si](C(C)C)(C(C)C)C(C)C. The molecule has 0 fully saturated rings. The quantitative estimate of drug-likeness (QED) is 0.371. The molecule has 3 heteroatoms. The van der Waals surface area contributed by atoms with Crippen molar-refractivity contribution in [2.45, 2.75) is 84.5 Å². The number of rotatable bonds is 7. The summed E-state index contributed by atoms with van der Waals surface area (Å²) < 4.78 is 8.86. The topological polar surface area (TPSA) is 9.23 Å². The van der Waals surface area contributed by atoms with E-state index in [0.717, 1.165) is 6.42 Å². The summed E-state index contributed by atoms with van der Waals surface area (Å²) in [4.78, 5) is 0. The van der Waals surface area contributed by atoms with Crippen LogP contribution in [0.25, 0.3) is 0 Å². The summed E-state index contributed by atoms with van der Waals surface area (Å²) in [6, 6.07) is 0. The predicted octanol–water partition coefficient (Wildman–Crippen LogP) is 6.30. The molecular formula is C15H31IOSi. The smallest absolute Gasteiger partial charge is 0.200 e. The van der Waals surface area contributed by atoms with E-state index in [1.165, 1.54) is 5.57 Å². The molecule has 0 aromatic heterocycles. The van der Waals surface area contributed by atoms with Crippen molar-refractivity contribution in [1.82, 2.24) is 0 Å². The number of hydrogen-bond acceptors (Lipinski definition) is 1. The monoisotopic (exact) mass is 382 g/mol. The molecule has 0 aliphatic carbocycles. The lowest BCUT2D eigenvalue weighted by Gasteiger charge is -2.44. The number of hydrogen-bond donors (Lipinski definition) is 0. The maximum atomic E-state index is 6.69. The molecule has 0 heterocycles. The Labute approximate surface area is 129 Å². The van der Waals surface area contributed by atoms with Crippen LogP contribution in [0.1, 0.15) is 61.8 Å². The van der Waals surface area contributed by atoms with E-state index in [2.05, 4.69) is 82.1 Å². The molecule has 0 rings (SSSR count). The molecule has 0 saturated carbocycles. The van der Waals surface area contributed by atoms with Gasteiger partial charge in [0.2, 0.25) is 8.32 Å². The Morgan fingerprint density at radius 1 is 1.00 bits per heavy atom. The highest BCUT2D eigenvalue weighted by Crippen LogP contribution is 2.43. The van der Waals surface area contributed by atoms with Crippen molar-refractivity contribution in [3.8, 4) is 0 Å². The predicted molar refractivity (Wildman–Crippen MR) is 94.0 cm³/mol. The molecule has 108 valence electrons. The lowest BCUT2D eigenvalue weighted by Crippen LogP contribution is -2.49. The van der Waals surface area contributed by atoms with Gasteiger partial charge < -0.3 is 4.43 Å². The Bertz CT molecular complexity index is 250. The molecular weight excluding hydrogens is 351 g/mol. The van der Waals surface area contributed by atoms with Crippen LogP contribution in [-0.4, -0.2) is 14.4 Å². The van der Waals surface area contributed by atoms with E-state index >= 15 is 0 Å². The molecule has 0 bridgehead atoms. The third-order valence-electron chi connectivity index (χ3n) is 3.91. The van der Waals surface area contributed by atoms with Gasteiger partial charge in [0.05, 0.1) is 0 Å². The normalized spacial score (nSPS) is 15.9. The molecule has 0 unspecified atom stereocenters. The molecule has 0 saturated heterocycles. The fraction of sp³-hybridized carbons (Fsp3) is 0.867. The fourth-order valence-electron chi connectivity index (χ4n) is 3.30.